The fraction of sp³-hybridized carbons (Fsp3) is 0.938. The lowest BCUT2D eigenvalue weighted by Gasteiger charge is -2.30. The summed E-state index contributed by atoms with van der Waals surface area (Å²) >= 11 is 0. The van der Waals surface area contributed by atoms with E-state index in [1.807, 2.05) is 6.92 Å². The number of carbonyl (C=O) groups is 1. The monoisotopic (exact) mass is 283 g/mol. The smallest absolute Gasteiger partial charge is 0.237 e. The maximum absolute atomic E-state index is 11.7. The van der Waals surface area contributed by atoms with E-state index < -0.39 is 5.54 Å². The molecule has 0 bridgehead atoms. The number of nitrogens with two attached hydrogens (primary N) is 1. The summed E-state index contributed by atoms with van der Waals surface area (Å²) in [6, 6.07) is 0. The first kappa shape index (κ1) is 17.4. The maximum Gasteiger partial charge on any atom is 0.237 e. The van der Waals surface area contributed by atoms with Crippen molar-refractivity contribution in [2.45, 2.75) is 59.4 Å². The fourth-order valence-electron chi connectivity index (χ4n) is 2.82. The molecular formula is C16H33N3O. The minimum Gasteiger partial charge on any atom is -0.368 e. The zero-order chi connectivity index (χ0) is 15.4. The lowest BCUT2D eigenvalue weighted by atomic mass is 9.80. The first-order valence-corrected chi connectivity index (χ1v) is 7.96. The van der Waals surface area contributed by atoms with Crippen molar-refractivity contribution >= 4 is 5.91 Å². The number of amides is 1. The number of hydrogen-bond acceptors (Lipinski definition) is 3. The van der Waals surface area contributed by atoms with Crippen molar-refractivity contribution in [2.24, 2.45) is 17.1 Å². The van der Waals surface area contributed by atoms with Gasteiger partial charge in [-0.25, -0.2) is 0 Å². The zero-order valence-electron chi connectivity index (χ0n) is 14.0. The molecule has 2 atom stereocenters. The summed E-state index contributed by atoms with van der Waals surface area (Å²) < 4.78 is 0. The summed E-state index contributed by atoms with van der Waals surface area (Å²) in [5, 5.41) is 3.31. The van der Waals surface area contributed by atoms with Gasteiger partial charge in [0.15, 0.2) is 0 Å². The van der Waals surface area contributed by atoms with E-state index in [0.29, 0.717) is 5.41 Å². The van der Waals surface area contributed by atoms with Gasteiger partial charge in [-0.15, -0.1) is 0 Å². The topological polar surface area (TPSA) is 58.4 Å². The van der Waals surface area contributed by atoms with Crippen LogP contribution in [0.15, 0.2) is 0 Å². The number of nitrogens with one attached hydrogen (secondary N) is 1. The van der Waals surface area contributed by atoms with Crippen LogP contribution in [-0.2, 0) is 4.79 Å². The van der Waals surface area contributed by atoms with Gasteiger partial charge in [-0.2, -0.15) is 0 Å². The van der Waals surface area contributed by atoms with Gasteiger partial charge in [0.25, 0.3) is 0 Å². The van der Waals surface area contributed by atoms with Crippen molar-refractivity contribution in [3.63, 3.8) is 0 Å². The number of hydrogen-bond donors (Lipinski definition) is 2. The van der Waals surface area contributed by atoms with E-state index in [0.717, 1.165) is 44.9 Å². The molecule has 1 aliphatic heterocycles. The quantitative estimate of drug-likeness (QED) is 0.751. The van der Waals surface area contributed by atoms with E-state index in [1.165, 1.54) is 6.42 Å². The van der Waals surface area contributed by atoms with E-state index >= 15 is 0 Å². The highest BCUT2D eigenvalue weighted by molar-refractivity contribution is 5.84. The van der Waals surface area contributed by atoms with Gasteiger partial charge in [0.05, 0.1) is 5.54 Å². The van der Waals surface area contributed by atoms with Crippen LogP contribution in [0.1, 0.15) is 53.9 Å². The Morgan fingerprint density at radius 1 is 1.35 bits per heavy atom. The van der Waals surface area contributed by atoms with Crippen molar-refractivity contribution in [3.8, 4) is 0 Å². The third-order valence-electron chi connectivity index (χ3n) is 4.73. The molecule has 0 saturated carbocycles. The molecule has 0 radical (unpaired) electrons. The molecule has 0 aromatic rings. The second kappa shape index (κ2) is 6.90. The van der Waals surface area contributed by atoms with E-state index in [1.54, 1.807) is 0 Å². The molecule has 1 fully saturated rings. The molecule has 1 saturated heterocycles. The second-order valence-corrected chi connectivity index (χ2v) is 7.53. The molecule has 0 aromatic heterocycles. The third-order valence-corrected chi connectivity index (χ3v) is 4.73. The number of carbonyl (C=O) groups excluding carboxylic acids is 1. The minimum absolute atomic E-state index is 0.238. The molecule has 4 nitrogen and oxygen atoms in total. The Bertz CT molecular complexity index is 324. The Kier molecular flexibility index (Phi) is 6.02. The van der Waals surface area contributed by atoms with Crippen LogP contribution in [0.4, 0.5) is 0 Å². The van der Waals surface area contributed by atoms with Gasteiger partial charge in [-0.1, -0.05) is 27.7 Å². The van der Waals surface area contributed by atoms with Gasteiger partial charge in [0, 0.05) is 13.1 Å². The van der Waals surface area contributed by atoms with E-state index in [4.69, 9.17) is 5.73 Å². The number of primary amides is 1. The SMILES string of the molecule is CCCNC(C)(CCN1CCC(C(C)(C)C)C1)C(N)=O. The highest BCUT2D eigenvalue weighted by atomic mass is 16.1. The van der Waals surface area contributed by atoms with Crippen molar-refractivity contribution in [3.05, 3.63) is 0 Å². The lowest BCUT2D eigenvalue weighted by molar-refractivity contribution is -0.124. The Morgan fingerprint density at radius 2 is 2.00 bits per heavy atom. The van der Waals surface area contributed by atoms with Gasteiger partial charge in [-0.3, -0.25) is 4.79 Å². The average molecular weight is 283 g/mol. The predicted molar refractivity (Wildman–Crippen MR) is 84.5 cm³/mol. The van der Waals surface area contributed by atoms with Crippen LogP contribution >= 0.6 is 0 Å². The van der Waals surface area contributed by atoms with Crippen molar-refractivity contribution in [1.82, 2.24) is 10.2 Å². The van der Waals surface area contributed by atoms with Crippen LogP contribution in [0.3, 0.4) is 0 Å². The molecule has 2 unspecified atom stereocenters. The van der Waals surface area contributed by atoms with Gasteiger partial charge >= 0.3 is 0 Å². The van der Waals surface area contributed by atoms with E-state index in [9.17, 15) is 4.79 Å². The predicted octanol–water partition coefficient (Wildman–Crippen LogP) is 1.99. The lowest BCUT2D eigenvalue weighted by Crippen LogP contribution is -2.54. The molecule has 20 heavy (non-hydrogen) atoms. The van der Waals surface area contributed by atoms with Crippen LogP contribution in [0, 0.1) is 11.3 Å². The Morgan fingerprint density at radius 3 is 2.45 bits per heavy atom. The van der Waals surface area contributed by atoms with E-state index in [-0.39, 0.29) is 5.91 Å². The van der Waals surface area contributed by atoms with Crippen molar-refractivity contribution in [1.29, 1.82) is 0 Å². The van der Waals surface area contributed by atoms with Gasteiger partial charge < -0.3 is 16.0 Å². The largest absolute Gasteiger partial charge is 0.368 e. The average Bonchev–Trinajstić information content (AvgIpc) is 2.82. The Balaban J connectivity index is 2.47. The first-order valence-electron chi connectivity index (χ1n) is 7.96. The summed E-state index contributed by atoms with van der Waals surface area (Å²) in [6.45, 7) is 15.1. The van der Waals surface area contributed by atoms with Gasteiger partial charge in [0.2, 0.25) is 5.91 Å². The molecule has 1 amide bonds. The molecule has 118 valence electrons. The second-order valence-electron chi connectivity index (χ2n) is 7.53. The molecule has 4 heteroatoms. The molecule has 1 heterocycles. The fourth-order valence-corrected chi connectivity index (χ4v) is 2.82. The molecule has 1 aliphatic rings. The van der Waals surface area contributed by atoms with Gasteiger partial charge in [-0.05, 0) is 50.6 Å². The van der Waals surface area contributed by atoms with Crippen LogP contribution in [0.5, 0.6) is 0 Å². The van der Waals surface area contributed by atoms with Crippen LogP contribution < -0.4 is 11.1 Å². The zero-order valence-corrected chi connectivity index (χ0v) is 14.0. The number of likely N-dealkylation sites (tertiary alicyclic amines) is 1. The van der Waals surface area contributed by atoms with Crippen LogP contribution in [-0.4, -0.2) is 42.5 Å². The number of nitrogens with zero attached hydrogens (tertiary/aromatic N) is 1. The maximum atomic E-state index is 11.7. The minimum atomic E-state index is -0.574. The summed E-state index contributed by atoms with van der Waals surface area (Å²) in [6.07, 6.45) is 3.07. The van der Waals surface area contributed by atoms with Crippen molar-refractivity contribution in [2.75, 3.05) is 26.2 Å². The van der Waals surface area contributed by atoms with Crippen LogP contribution in [0.25, 0.3) is 0 Å². The molecule has 0 aliphatic carbocycles. The van der Waals surface area contributed by atoms with Gasteiger partial charge in [0.1, 0.15) is 0 Å². The Hall–Kier alpha value is -0.610. The summed E-state index contributed by atoms with van der Waals surface area (Å²) in [7, 11) is 0. The normalized spacial score (nSPS) is 23.8. The summed E-state index contributed by atoms with van der Waals surface area (Å²) in [5.41, 5.74) is 5.38. The van der Waals surface area contributed by atoms with Crippen molar-refractivity contribution < 1.29 is 4.79 Å². The molecule has 0 spiro atoms. The summed E-state index contributed by atoms with van der Waals surface area (Å²) in [5.74, 6) is 0.517. The van der Waals surface area contributed by atoms with E-state index in [2.05, 4.69) is 37.9 Å². The first-order chi connectivity index (χ1) is 9.19. The molecule has 3 N–H and O–H groups in total. The third kappa shape index (κ3) is 4.74. The summed E-state index contributed by atoms with van der Waals surface area (Å²) in [4.78, 5) is 14.2. The molecule has 1 rings (SSSR count). The molecular weight excluding hydrogens is 250 g/mol. The van der Waals surface area contributed by atoms with Crippen LogP contribution in [0.2, 0.25) is 0 Å². The highest BCUT2D eigenvalue weighted by Gasteiger charge is 2.34. The Labute approximate surface area is 124 Å². The number of rotatable bonds is 7. The standard InChI is InChI=1S/C16H33N3O/c1-6-9-18-16(5,14(17)20)8-11-19-10-7-13(12-19)15(2,3)4/h13,18H,6-12H2,1-5H3,(H2,17,20). The molecule has 0 aromatic carbocycles. The highest BCUT2D eigenvalue weighted by Crippen LogP contribution is 2.33.